The first-order chi connectivity index (χ1) is 16.5. The lowest BCUT2D eigenvalue weighted by Gasteiger charge is -2.23. The molecule has 34 heavy (non-hydrogen) atoms. The van der Waals surface area contributed by atoms with E-state index in [0.717, 1.165) is 21.2 Å². The Morgan fingerprint density at radius 3 is 2.74 bits per heavy atom. The highest BCUT2D eigenvalue weighted by Gasteiger charge is 2.33. The molecule has 6 nitrogen and oxygen atoms in total. The summed E-state index contributed by atoms with van der Waals surface area (Å²) in [6, 6.07) is 15.2. The second kappa shape index (κ2) is 9.04. The minimum atomic E-state index is -0.577. The Morgan fingerprint density at radius 2 is 2.00 bits per heavy atom. The van der Waals surface area contributed by atoms with Crippen LogP contribution in [0.4, 0.5) is 0 Å². The Hall–Kier alpha value is -3.49. The van der Waals surface area contributed by atoms with Gasteiger partial charge in [-0.2, -0.15) is 0 Å². The maximum Gasteiger partial charge on any atom is 0.338 e. The Kier molecular flexibility index (Phi) is 5.93. The lowest BCUT2D eigenvalue weighted by atomic mass is 10.0. The van der Waals surface area contributed by atoms with E-state index in [1.54, 1.807) is 25.5 Å². The van der Waals surface area contributed by atoms with E-state index in [0.29, 0.717) is 26.4 Å². The van der Waals surface area contributed by atoms with Gasteiger partial charge >= 0.3 is 5.97 Å². The number of aromatic nitrogens is 1. The highest BCUT2D eigenvalue weighted by atomic mass is 32.1. The van der Waals surface area contributed by atoms with Crippen molar-refractivity contribution in [1.29, 1.82) is 0 Å². The van der Waals surface area contributed by atoms with Gasteiger partial charge in [-0.25, -0.2) is 9.79 Å². The molecule has 0 bridgehead atoms. The normalized spacial score (nSPS) is 15.9. The zero-order valence-electron chi connectivity index (χ0n) is 18.9. The van der Waals surface area contributed by atoms with Gasteiger partial charge in [-0.15, -0.1) is 11.3 Å². The van der Waals surface area contributed by atoms with Crippen molar-refractivity contribution in [2.75, 3.05) is 13.7 Å². The summed E-state index contributed by atoms with van der Waals surface area (Å²) < 4.78 is 13.1. The van der Waals surface area contributed by atoms with E-state index in [-0.39, 0.29) is 12.2 Å². The second-order valence-corrected chi connectivity index (χ2v) is 9.71. The number of benzene rings is 2. The quantitative estimate of drug-likeness (QED) is 0.396. The molecule has 0 aliphatic carbocycles. The molecule has 2 aromatic heterocycles. The van der Waals surface area contributed by atoms with Crippen LogP contribution in [0.25, 0.3) is 16.8 Å². The van der Waals surface area contributed by atoms with Gasteiger partial charge < -0.3 is 9.47 Å². The average Bonchev–Trinajstić information content (AvgIpc) is 3.47. The van der Waals surface area contributed by atoms with Gasteiger partial charge in [0.25, 0.3) is 5.56 Å². The number of nitrogens with zero attached hydrogens (tertiary/aromatic N) is 2. The molecule has 0 N–H and O–H groups in total. The van der Waals surface area contributed by atoms with Gasteiger partial charge in [0.1, 0.15) is 11.8 Å². The third kappa shape index (κ3) is 3.69. The second-order valence-electron chi connectivity index (χ2n) is 7.72. The molecule has 5 rings (SSSR count). The van der Waals surface area contributed by atoms with Crippen LogP contribution in [0, 0.1) is 0 Å². The molecule has 0 saturated carbocycles. The Balaban J connectivity index is 1.77. The zero-order chi connectivity index (χ0) is 23.8. The fourth-order valence-electron chi connectivity index (χ4n) is 4.24. The fraction of sp³-hybridized carbons (Fsp3) is 0.192. The molecular weight excluding hydrogens is 468 g/mol. The maximum atomic E-state index is 13.8. The van der Waals surface area contributed by atoms with E-state index in [4.69, 9.17) is 9.47 Å². The van der Waals surface area contributed by atoms with Crippen molar-refractivity contribution in [3.63, 3.8) is 0 Å². The minimum absolute atomic E-state index is 0.202. The van der Waals surface area contributed by atoms with Crippen molar-refractivity contribution < 1.29 is 14.3 Å². The largest absolute Gasteiger partial charge is 0.496 e. The molecule has 1 atom stereocenters. The molecule has 0 radical (unpaired) electrons. The number of methoxy groups -OCH3 is 1. The van der Waals surface area contributed by atoms with Crippen LogP contribution in [-0.4, -0.2) is 24.3 Å². The number of carbonyl (C=O) groups excluding carboxylic acids is 1. The number of rotatable bonds is 5. The molecule has 8 heteroatoms. The van der Waals surface area contributed by atoms with E-state index in [1.165, 1.54) is 22.7 Å². The molecule has 0 spiro atoms. The third-order valence-corrected chi connectivity index (χ3v) is 7.66. The summed E-state index contributed by atoms with van der Waals surface area (Å²) in [6.07, 6.45) is 1.86. The van der Waals surface area contributed by atoms with Gasteiger partial charge in [0.2, 0.25) is 0 Å². The molecule has 0 amide bonds. The van der Waals surface area contributed by atoms with Crippen LogP contribution in [0.2, 0.25) is 0 Å². The molecule has 1 aliphatic heterocycles. The number of hydrogen-bond acceptors (Lipinski definition) is 7. The SMILES string of the molecule is CCOC(=O)C1=C(C)N=c2s/c(=C\c3c(OC)ccc4ccccc34)c(=O)n2[C@H]1c1cccs1. The molecule has 0 saturated heterocycles. The fourth-order valence-corrected chi connectivity index (χ4v) is 6.09. The number of allylic oxidation sites excluding steroid dienone is 1. The predicted molar refractivity (Wildman–Crippen MR) is 135 cm³/mol. The van der Waals surface area contributed by atoms with Crippen LogP contribution < -0.4 is 19.6 Å². The summed E-state index contributed by atoms with van der Waals surface area (Å²) in [4.78, 5) is 32.7. The number of carbonyl (C=O) groups is 1. The number of thiophene rings is 1. The summed E-state index contributed by atoms with van der Waals surface area (Å²) >= 11 is 2.80. The molecule has 3 heterocycles. The molecule has 0 fully saturated rings. The van der Waals surface area contributed by atoms with Crippen molar-refractivity contribution in [3.8, 4) is 5.75 Å². The first-order valence-electron chi connectivity index (χ1n) is 10.8. The monoisotopic (exact) mass is 490 g/mol. The summed E-state index contributed by atoms with van der Waals surface area (Å²) in [5.74, 6) is 0.231. The molecular formula is C26H22N2O4S2. The topological polar surface area (TPSA) is 69.9 Å². The van der Waals surface area contributed by atoms with Gasteiger partial charge in [0, 0.05) is 10.4 Å². The molecule has 4 aromatic rings. The van der Waals surface area contributed by atoms with Crippen LogP contribution in [0.3, 0.4) is 0 Å². The smallest absolute Gasteiger partial charge is 0.338 e. The number of hydrogen-bond donors (Lipinski definition) is 0. The first-order valence-corrected chi connectivity index (χ1v) is 12.5. The molecule has 172 valence electrons. The van der Waals surface area contributed by atoms with Gasteiger partial charge in [0.05, 0.1) is 29.5 Å². The van der Waals surface area contributed by atoms with Crippen LogP contribution in [0.5, 0.6) is 5.75 Å². The Labute approximate surface area is 203 Å². The number of fused-ring (bicyclic) bond motifs is 2. The highest BCUT2D eigenvalue weighted by molar-refractivity contribution is 7.10. The molecule has 2 aromatic carbocycles. The third-order valence-electron chi connectivity index (χ3n) is 5.76. The van der Waals surface area contributed by atoms with Gasteiger partial charge in [0.15, 0.2) is 4.80 Å². The van der Waals surface area contributed by atoms with Crippen LogP contribution in [0.1, 0.15) is 30.3 Å². The Morgan fingerprint density at radius 1 is 1.18 bits per heavy atom. The van der Waals surface area contributed by atoms with Gasteiger partial charge in [-0.1, -0.05) is 47.7 Å². The minimum Gasteiger partial charge on any atom is -0.496 e. The summed E-state index contributed by atoms with van der Waals surface area (Å²) in [6.45, 7) is 3.80. The van der Waals surface area contributed by atoms with Gasteiger partial charge in [-0.05, 0) is 48.2 Å². The lowest BCUT2D eigenvalue weighted by Crippen LogP contribution is -2.39. The van der Waals surface area contributed by atoms with Crippen molar-refractivity contribution in [2.24, 2.45) is 4.99 Å². The van der Waals surface area contributed by atoms with Crippen LogP contribution >= 0.6 is 22.7 Å². The van der Waals surface area contributed by atoms with Crippen LogP contribution in [-0.2, 0) is 9.53 Å². The van der Waals surface area contributed by atoms with E-state index < -0.39 is 12.0 Å². The average molecular weight is 491 g/mol. The van der Waals surface area contributed by atoms with E-state index in [2.05, 4.69) is 4.99 Å². The van der Waals surface area contributed by atoms with Crippen molar-refractivity contribution in [1.82, 2.24) is 4.57 Å². The summed E-state index contributed by atoms with van der Waals surface area (Å²) in [5, 5.41) is 3.98. The number of esters is 1. The van der Waals surface area contributed by atoms with E-state index in [9.17, 15) is 9.59 Å². The van der Waals surface area contributed by atoms with Crippen LogP contribution in [0.15, 0.2) is 75.0 Å². The van der Waals surface area contributed by atoms with E-state index in [1.807, 2.05) is 60.0 Å². The summed E-state index contributed by atoms with van der Waals surface area (Å²) in [5.41, 5.74) is 1.59. The predicted octanol–water partition coefficient (Wildman–Crippen LogP) is 4.02. The van der Waals surface area contributed by atoms with Crippen molar-refractivity contribution in [2.45, 2.75) is 19.9 Å². The first kappa shape index (κ1) is 22.3. The van der Waals surface area contributed by atoms with Crippen molar-refractivity contribution in [3.05, 3.63) is 95.3 Å². The Bertz CT molecular complexity index is 1610. The van der Waals surface area contributed by atoms with Crippen molar-refractivity contribution >= 4 is 45.5 Å². The zero-order valence-corrected chi connectivity index (χ0v) is 20.5. The molecule has 1 aliphatic rings. The lowest BCUT2D eigenvalue weighted by molar-refractivity contribution is -0.139. The van der Waals surface area contributed by atoms with E-state index >= 15 is 0 Å². The standard InChI is InChI=1S/C26H22N2O4S2/c1-4-32-25(30)22-15(2)27-26-28(23(22)20-10-7-13-33-20)24(29)21(34-26)14-18-17-9-6-5-8-16(17)11-12-19(18)31-3/h5-14,23H,4H2,1-3H3/b21-14-/t23-/m0/s1. The number of thiazole rings is 1. The molecule has 0 unspecified atom stereocenters. The van der Waals surface area contributed by atoms with Gasteiger partial charge in [-0.3, -0.25) is 9.36 Å². The number of ether oxygens (including phenoxy) is 2. The highest BCUT2D eigenvalue weighted by Crippen LogP contribution is 2.33. The summed E-state index contributed by atoms with van der Waals surface area (Å²) in [7, 11) is 1.62. The maximum absolute atomic E-state index is 13.8.